The van der Waals surface area contributed by atoms with E-state index in [-0.39, 0.29) is 5.92 Å². The molecule has 4 nitrogen and oxygen atoms in total. The molecule has 0 saturated heterocycles. The average molecular weight is 188 g/mol. The molecule has 1 unspecified atom stereocenters. The Balaban J connectivity index is 4.15. The van der Waals surface area contributed by atoms with Crippen molar-refractivity contribution in [1.29, 1.82) is 0 Å². The van der Waals surface area contributed by atoms with Gasteiger partial charge < -0.3 is 10.5 Å². The van der Waals surface area contributed by atoms with Crippen molar-refractivity contribution < 1.29 is 9.53 Å². The molecule has 0 saturated carbocycles. The van der Waals surface area contributed by atoms with Crippen LogP contribution < -0.4 is 11.5 Å². The van der Waals surface area contributed by atoms with E-state index in [2.05, 4.69) is 0 Å². The molecule has 0 aromatic carbocycles. The van der Waals surface area contributed by atoms with Gasteiger partial charge >= 0.3 is 5.97 Å². The van der Waals surface area contributed by atoms with Gasteiger partial charge in [0.1, 0.15) is 6.04 Å². The maximum atomic E-state index is 11.3. The van der Waals surface area contributed by atoms with Crippen LogP contribution in [0.5, 0.6) is 0 Å². The molecular formula is C9H20N2O2. The third kappa shape index (κ3) is 4.24. The fourth-order valence-corrected chi connectivity index (χ4v) is 0.642. The van der Waals surface area contributed by atoms with Crippen molar-refractivity contribution in [2.24, 2.45) is 17.4 Å². The zero-order chi connectivity index (χ0) is 10.6. The second-order valence-electron chi connectivity index (χ2n) is 3.86. The van der Waals surface area contributed by atoms with Crippen molar-refractivity contribution in [3.05, 3.63) is 0 Å². The lowest BCUT2D eigenvalue weighted by Crippen LogP contribution is -2.47. The molecule has 2 atom stereocenters. The van der Waals surface area contributed by atoms with Crippen LogP contribution in [-0.2, 0) is 9.53 Å². The lowest BCUT2D eigenvalue weighted by Gasteiger charge is -2.25. The smallest absolute Gasteiger partial charge is 0.324 e. The van der Waals surface area contributed by atoms with Crippen molar-refractivity contribution in [3.8, 4) is 0 Å². The van der Waals surface area contributed by atoms with Crippen molar-refractivity contribution in [1.82, 2.24) is 0 Å². The molecule has 0 rings (SSSR count). The molecule has 0 amide bonds. The Kier molecular flexibility index (Phi) is 4.36. The summed E-state index contributed by atoms with van der Waals surface area (Å²) in [5.41, 5.74) is 10.3. The van der Waals surface area contributed by atoms with Crippen LogP contribution in [0.3, 0.4) is 0 Å². The average Bonchev–Trinajstić information content (AvgIpc) is 2.02. The van der Waals surface area contributed by atoms with Gasteiger partial charge in [-0.2, -0.15) is 0 Å². The van der Waals surface area contributed by atoms with E-state index in [0.29, 0.717) is 6.42 Å². The number of ether oxygens (including phenoxy) is 1. The van der Waals surface area contributed by atoms with E-state index in [0.717, 1.165) is 0 Å². The maximum absolute atomic E-state index is 11.3. The molecule has 0 spiro atoms. The molecule has 0 aliphatic carbocycles. The molecule has 0 aromatic rings. The van der Waals surface area contributed by atoms with E-state index in [1.54, 1.807) is 6.92 Å². The Hall–Kier alpha value is -0.610. The van der Waals surface area contributed by atoms with Gasteiger partial charge in [-0.25, -0.2) is 0 Å². The molecule has 0 aliphatic heterocycles. The van der Waals surface area contributed by atoms with Crippen LogP contribution in [0.15, 0.2) is 0 Å². The van der Waals surface area contributed by atoms with Gasteiger partial charge in [0.25, 0.3) is 0 Å². The van der Waals surface area contributed by atoms with Crippen molar-refractivity contribution in [2.75, 3.05) is 0 Å². The summed E-state index contributed by atoms with van der Waals surface area (Å²) in [4.78, 5) is 11.3. The van der Waals surface area contributed by atoms with Gasteiger partial charge in [0.15, 0.2) is 5.72 Å². The number of carbonyl (C=O) groups is 1. The summed E-state index contributed by atoms with van der Waals surface area (Å²) >= 11 is 0. The Morgan fingerprint density at radius 3 is 2.31 bits per heavy atom. The first-order chi connectivity index (χ1) is 5.80. The minimum Gasteiger partial charge on any atom is -0.443 e. The summed E-state index contributed by atoms with van der Waals surface area (Å²) < 4.78 is 5.02. The highest BCUT2D eigenvalue weighted by atomic mass is 16.6. The lowest BCUT2D eigenvalue weighted by atomic mass is 10.1. The molecule has 78 valence electrons. The van der Waals surface area contributed by atoms with E-state index in [1.165, 1.54) is 0 Å². The predicted octanol–water partition coefficient (Wildman–Crippen LogP) is 0.598. The number of nitrogens with two attached hydrogens (primary N) is 2. The Morgan fingerprint density at radius 2 is 2.00 bits per heavy atom. The molecule has 4 heteroatoms. The van der Waals surface area contributed by atoms with Crippen LogP contribution in [0.25, 0.3) is 0 Å². The molecule has 0 aliphatic rings. The standard InChI is InChI=1S/C9H20N2O2/c1-5-9(4,11)13-8(12)7(10)6(2)3/h6-7H,5,10-11H2,1-4H3/t7-,9?/m0/s1. The number of rotatable bonds is 4. The summed E-state index contributed by atoms with van der Waals surface area (Å²) in [6.45, 7) is 7.25. The van der Waals surface area contributed by atoms with Gasteiger partial charge in [-0.15, -0.1) is 0 Å². The molecule has 0 radical (unpaired) electrons. The number of esters is 1. The fourth-order valence-electron chi connectivity index (χ4n) is 0.642. The highest BCUT2D eigenvalue weighted by Gasteiger charge is 2.26. The summed E-state index contributed by atoms with van der Waals surface area (Å²) in [5.74, 6) is -0.359. The molecule has 0 aromatic heterocycles. The van der Waals surface area contributed by atoms with E-state index >= 15 is 0 Å². The summed E-state index contributed by atoms with van der Waals surface area (Å²) in [6, 6.07) is -0.588. The second-order valence-corrected chi connectivity index (χ2v) is 3.86. The van der Waals surface area contributed by atoms with Crippen LogP contribution in [0.1, 0.15) is 34.1 Å². The summed E-state index contributed by atoms with van der Waals surface area (Å²) in [6.07, 6.45) is 0.573. The Labute approximate surface area is 79.6 Å². The number of hydrogen-bond donors (Lipinski definition) is 2. The molecule has 0 bridgehead atoms. The SMILES string of the molecule is CCC(C)(N)OC(=O)[C@@H](N)C(C)C. The first kappa shape index (κ1) is 12.4. The zero-order valence-corrected chi connectivity index (χ0v) is 8.83. The predicted molar refractivity (Wildman–Crippen MR) is 51.8 cm³/mol. The first-order valence-electron chi connectivity index (χ1n) is 4.57. The highest BCUT2D eigenvalue weighted by molar-refractivity contribution is 5.76. The minimum absolute atomic E-state index is 0.0696. The van der Waals surface area contributed by atoms with E-state index in [4.69, 9.17) is 16.2 Å². The monoisotopic (exact) mass is 188 g/mol. The van der Waals surface area contributed by atoms with Crippen LogP contribution in [-0.4, -0.2) is 17.7 Å². The van der Waals surface area contributed by atoms with Crippen LogP contribution in [0, 0.1) is 5.92 Å². The van der Waals surface area contributed by atoms with Crippen molar-refractivity contribution in [2.45, 2.75) is 45.9 Å². The largest absolute Gasteiger partial charge is 0.443 e. The van der Waals surface area contributed by atoms with E-state index in [9.17, 15) is 4.79 Å². The third-order valence-corrected chi connectivity index (χ3v) is 2.03. The van der Waals surface area contributed by atoms with Gasteiger partial charge in [-0.05, 0) is 19.3 Å². The number of hydrogen-bond acceptors (Lipinski definition) is 4. The number of carbonyl (C=O) groups excluding carboxylic acids is 1. The highest BCUT2D eigenvalue weighted by Crippen LogP contribution is 2.10. The topological polar surface area (TPSA) is 78.3 Å². The Bertz CT molecular complexity index is 178. The molecule has 4 N–H and O–H groups in total. The van der Waals surface area contributed by atoms with Crippen LogP contribution in [0.2, 0.25) is 0 Å². The first-order valence-corrected chi connectivity index (χ1v) is 4.57. The van der Waals surface area contributed by atoms with Gasteiger partial charge in [0.2, 0.25) is 0 Å². The van der Waals surface area contributed by atoms with E-state index in [1.807, 2.05) is 20.8 Å². The zero-order valence-electron chi connectivity index (χ0n) is 8.83. The lowest BCUT2D eigenvalue weighted by molar-refractivity contribution is -0.160. The minimum atomic E-state index is -0.899. The van der Waals surface area contributed by atoms with Crippen LogP contribution in [0.4, 0.5) is 0 Å². The fraction of sp³-hybridized carbons (Fsp3) is 0.889. The quantitative estimate of drug-likeness (QED) is 0.500. The van der Waals surface area contributed by atoms with Gasteiger partial charge in [-0.3, -0.25) is 10.5 Å². The molecular weight excluding hydrogens is 168 g/mol. The molecule has 0 fully saturated rings. The summed E-state index contributed by atoms with van der Waals surface area (Å²) in [5, 5.41) is 0. The molecule has 0 heterocycles. The third-order valence-electron chi connectivity index (χ3n) is 2.03. The molecule has 13 heavy (non-hydrogen) atoms. The van der Waals surface area contributed by atoms with Crippen molar-refractivity contribution in [3.63, 3.8) is 0 Å². The van der Waals surface area contributed by atoms with Gasteiger partial charge in [-0.1, -0.05) is 20.8 Å². The normalized spacial score (nSPS) is 18.1. The maximum Gasteiger partial charge on any atom is 0.324 e. The second kappa shape index (κ2) is 4.58. The van der Waals surface area contributed by atoms with Gasteiger partial charge in [0.05, 0.1) is 0 Å². The summed E-state index contributed by atoms with van der Waals surface area (Å²) in [7, 11) is 0. The van der Waals surface area contributed by atoms with Crippen molar-refractivity contribution >= 4 is 5.97 Å². The Morgan fingerprint density at radius 1 is 1.54 bits per heavy atom. The van der Waals surface area contributed by atoms with Crippen LogP contribution >= 0.6 is 0 Å². The van der Waals surface area contributed by atoms with Gasteiger partial charge in [0, 0.05) is 0 Å². The van der Waals surface area contributed by atoms with E-state index < -0.39 is 17.7 Å².